The number of hydrogen-bond acceptors (Lipinski definition) is 5. The molecule has 0 spiro atoms. The number of methoxy groups -OCH3 is 1. The molecule has 0 unspecified atom stereocenters. The van der Waals surface area contributed by atoms with Crippen molar-refractivity contribution in [1.82, 2.24) is 0 Å². The van der Waals surface area contributed by atoms with Crippen molar-refractivity contribution in [3.05, 3.63) is 0 Å². The van der Waals surface area contributed by atoms with E-state index >= 15 is 0 Å². The number of nitrogens with zero attached hydrogens (tertiary/aromatic N) is 1. The van der Waals surface area contributed by atoms with E-state index in [2.05, 4.69) is 14.7 Å². The smallest absolute Gasteiger partial charge is 0.350 e. The first-order valence-corrected chi connectivity index (χ1v) is 2.62. The molecule has 0 aromatic heterocycles. The van der Waals surface area contributed by atoms with Crippen molar-refractivity contribution in [2.24, 2.45) is 5.16 Å². The number of carboxylic acid groups (broad SMARTS) is 1. The zero-order chi connectivity index (χ0) is 8.69. The predicted octanol–water partition coefficient (Wildman–Crippen LogP) is -0.754. The van der Waals surface area contributed by atoms with Gasteiger partial charge >= 0.3 is 11.9 Å². The third-order valence-corrected chi connectivity index (χ3v) is 0.648. The summed E-state index contributed by atoms with van der Waals surface area (Å²) in [4.78, 5) is 24.3. The van der Waals surface area contributed by atoms with E-state index in [9.17, 15) is 9.59 Å². The number of aliphatic carboxylic acids is 1. The first-order chi connectivity index (χ1) is 5.16. The highest BCUT2D eigenvalue weighted by atomic mass is 16.6. The number of carboxylic acids is 1. The molecule has 0 amide bonds. The molecule has 1 N–H and O–H groups in total. The quantitative estimate of drug-likeness (QED) is 0.333. The fraction of sp³-hybridized carbons (Fsp3) is 0.400. The van der Waals surface area contributed by atoms with Crippen molar-refractivity contribution in [2.75, 3.05) is 13.7 Å². The second kappa shape index (κ2) is 5.21. The molecule has 0 saturated carbocycles. The minimum absolute atomic E-state index is 0.389. The van der Waals surface area contributed by atoms with E-state index in [4.69, 9.17) is 5.11 Å². The van der Waals surface area contributed by atoms with Crippen LogP contribution in [0.25, 0.3) is 0 Å². The van der Waals surface area contributed by atoms with Gasteiger partial charge in [0, 0.05) is 0 Å². The summed E-state index contributed by atoms with van der Waals surface area (Å²) in [5, 5.41) is 10.9. The van der Waals surface area contributed by atoms with Gasteiger partial charge in [-0.05, 0) is 0 Å². The minimum atomic E-state index is -1.24. The lowest BCUT2D eigenvalue weighted by molar-refractivity contribution is -0.146. The van der Waals surface area contributed by atoms with E-state index in [1.807, 2.05) is 0 Å². The van der Waals surface area contributed by atoms with E-state index in [0.717, 1.165) is 0 Å². The third kappa shape index (κ3) is 6.29. The topological polar surface area (TPSA) is 85.2 Å². The Morgan fingerprint density at radius 1 is 1.64 bits per heavy atom. The standard InChI is InChI=1S/C5H7NO5/c1-10-5(9)3-11-6-2-4(7)8/h2H,3H2,1H3,(H,7,8). The Kier molecular flexibility index (Phi) is 4.46. The Balaban J connectivity index is 3.41. The molecule has 0 bridgehead atoms. The SMILES string of the molecule is COC(=O)CON=CC(=O)O. The van der Waals surface area contributed by atoms with Gasteiger partial charge in [-0.15, -0.1) is 0 Å². The van der Waals surface area contributed by atoms with Crippen molar-refractivity contribution in [2.45, 2.75) is 0 Å². The Morgan fingerprint density at radius 2 is 2.27 bits per heavy atom. The molecule has 0 aliphatic carbocycles. The van der Waals surface area contributed by atoms with Gasteiger partial charge < -0.3 is 14.7 Å². The summed E-state index contributed by atoms with van der Waals surface area (Å²) in [6.45, 7) is -0.389. The Bertz CT molecular complexity index is 176. The van der Waals surface area contributed by atoms with Crippen LogP contribution in [0.3, 0.4) is 0 Å². The van der Waals surface area contributed by atoms with Crippen LogP contribution in [-0.2, 0) is 19.2 Å². The summed E-state index contributed by atoms with van der Waals surface area (Å²) in [7, 11) is 1.19. The van der Waals surface area contributed by atoms with E-state index in [0.29, 0.717) is 6.21 Å². The first kappa shape index (κ1) is 9.41. The van der Waals surface area contributed by atoms with Crippen LogP contribution in [0.15, 0.2) is 5.16 Å². The fourth-order valence-corrected chi connectivity index (χ4v) is 0.231. The highest BCUT2D eigenvalue weighted by molar-refractivity contribution is 6.21. The lowest BCUT2D eigenvalue weighted by Gasteiger charge is -1.94. The second-order valence-electron chi connectivity index (χ2n) is 1.42. The molecule has 6 heteroatoms. The number of oxime groups is 1. The van der Waals surface area contributed by atoms with E-state index in [1.54, 1.807) is 0 Å². The fourth-order valence-electron chi connectivity index (χ4n) is 0.231. The molecule has 0 aliphatic rings. The second-order valence-corrected chi connectivity index (χ2v) is 1.42. The molecule has 0 saturated heterocycles. The lowest BCUT2D eigenvalue weighted by Crippen LogP contribution is -2.08. The molecular formula is C5H7NO5. The molecular weight excluding hydrogens is 154 g/mol. The van der Waals surface area contributed by atoms with Gasteiger partial charge in [0.25, 0.3) is 0 Å². The minimum Gasteiger partial charge on any atom is -0.477 e. The number of rotatable bonds is 4. The van der Waals surface area contributed by atoms with Gasteiger partial charge in [0.1, 0.15) is 0 Å². The highest BCUT2D eigenvalue weighted by Gasteiger charge is 1.97. The van der Waals surface area contributed by atoms with Gasteiger partial charge in [0.05, 0.1) is 7.11 Å². The number of carbonyl (C=O) groups is 2. The molecule has 6 nitrogen and oxygen atoms in total. The van der Waals surface area contributed by atoms with Crippen LogP contribution < -0.4 is 0 Å². The maximum absolute atomic E-state index is 10.3. The molecule has 0 rings (SSSR count). The van der Waals surface area contributed by atoms with Crippen LogP contribution in [0, 0.1) is 0 Å². The maximum atomic E-state index is 10.3. The molecule has 0 heterocycles. The zero-order valence-electron chi connectivity index (χ0n) is 5.81. The number of hydrogen-bond donors (Lipinski definition) is 1. The van der Waals surface area contributed by atoms with Crippen LogP contribution >= 0.6 is 0 Å². The van der Waals surface area contributed by atoms with E-state index < -0.39 is 11.9 Å². The molecule has 62 valence electrons. The van der Waals surface area contributed by atoms with Gasteiger partial charge in [-0.2, -0.15) is 0 Å². The molecule has 0 aromatic rings. The highest BCUT2D eigenvalue weighted by Crippen LogP contribution is 1.77. The molecule has 11 heavy (non-hydrogen) atoms. The van der Waals surface area contributed by atoms with Gasteiger partial charge in [-0.3, -0.25) is 0 Å². The number of esters is 1. The molecule has 0 atom stereocenters. The molecule has 0 radical (unpaired) electrons. The Hall–Kier alpha value is -1.59. The van der Waals surface area contributed by atoms with Crippen molar-refractivity contribution < 1.29 is 24.3 Å². The first-order valence-electron chi connectivity index (χ1n) is 2.62. The zero-order valence-corrected chi connectivity index (χ0v) is 5.81. The number of carbonyl (C=O) groups excluding carboxylic acids is 1. The predicted molar refractivity (Wildman–Crippen MR) is 34.1 cm³/mol. The van der Waals surface area contributed by atoms with E-state index in [1.165, 1.54) is 7.11 Å². The molecule has 0 aromatic carbocycles. The van der Waals surface area contributed by atoms with E-state index in [-0.39, 0.29) is 6.61 Å². The van der Waals surface area contributed by atoms with Crippen LogP contribution in [0.5, 0.6) is 0 Å². The average molecular weight is 161 g/mol. The van der Waals surface area contributed by atoms with Gasteiger partial charge in [0.2, 0.25) is 6.61 Å². The third-order valence-electron chi connectivity index (χ3n) is 0.648. The maximum Gasteiger partial charge on any atom is 0.350 e. The van der Waals surface area contributed by atoms with Gasteiger partial charge in [-0.25, -0.2) is 9.59 Å². The lowest BCUT2D eigenvalue weighted by atomic mass is 10.7. The summed E-state index contributed by atoms with van der Waals surface area (Å²) >= 11 is 0. The summed E-state index contributed by atoms with van der Waals surface area (Å²) in [6, 6.07) is 0. The van der Waals surface area contributed by atoms with Gasteiger partial charge in [0.15, 0.2) is 6.21 Å². The van der Waals surface area contributed by atoms with Crippen molar-refractivity contribution in [3.8, 4) is 0 Å². The van der Waals surface area contributed by atoms with Crippen molar-refractivity contribution in [1.29, 1.82) is 0 Å². The molecule has 0 aliphatic heterocycles. The number of ether oxygens (including phenoxy) is 1. The monoisotopic (exact) mass is 161 g/mol. The van der Waals surface area contributed by atoms with Crippen LogP contribution in [-0.4, -0.2) is 37.0 Å². The van der Waals surface area contributed by atoms with Crippen LogP contribution in [0.2, 0.25) is 0 Å². The Morgan fingerprint density at radius 3 is 2.73 bits per heavy atom. The molecule has 0 fully saturated rings. The normalized spacial score (nSPS) is 9.55. The summed E-state index contributed by atoms with van der Waals surface area (Å²) in [6.07, 6.45) is 0.531. The Labute approximate surface area is 62.4 Å². The summed E-state index contributed by atoms with van der Waals surface area (Å²) in [5.41, 5.74) is 0. The van der Waals surface area contributed by atoms with Crippen molar-refractivity contribution >= 4 is 18.2 Å². The average Bonchev–Trinajstić information content (AvgIpc) is 1.97. The van der Waals surface area contributed by atoms with Gasteiger partial charge in [-0.1, -0.05) is 5.16 Å². The van der Waals surface area contributed by atoms with Crippen molar-refractivity contribution in [3.63, 3.8) is 0 Å². The summed E-state index contributed by atoms with van der Waals surface area (Å²) in [5.74, 6) is -1.86. The van der Waals surface area contributed by atoms with Crippen LogP contribution in [0.4, 0.5) is 0 Å². The largest absolute Gasteiger partial charge is 0.477 e. The summed E-state index contributed by atoms with van der Waals surface area (Å²) < 4.78 is 4.17. The van der Waals surface area contributed by atoms with Crippen LogP contribution in [0.1, 0.15) is 0 Å².